The molecule has 0 saturated carbocycles. The van der Waals surface area contributed by atoms with Crippen molar-refractivity contribution in [3.05, 3.63) is 48.0 Å². The summed E-state index contributed by atoms with van der Waals surface area (Å²) >= 11 is 0. The molecule has 0 aliphatic carbocycles. The maximum Gasteiger partial charge on any atom is 0.323 e. The molecule has 2 aromatic carbocycles. The number of rotatable bonds is 4. The highest BCUT2D eigenvalue weighted by molar-refractivity contribution is 7.92. The van der Waals surface area contributed by atoms with E-state index in [4.69, 9.17) is 4.74 Å². The van der Waals surface area contributed by atoms with E-state index in [1.807, 2.05) is 12.1 Å². The molecular formula is C17H19N3O4S. The summed E-state index contributed by atoms with van der Waals surface area (Å²) in [6, 6.07) is 11.9. The first-order valence-corrected chi connectivity index (χ1v) is 9.55. The molecule has 0 unspecified atom stereocenters. The van der Waals surface area contributed by atoms with E-state index in [0.29, 0.717) is 35.8 Å². The summed E-state index contributed by atoms with van der Waals surface area (Å²) in [6.07, 6.45) is 1.84. The quantitative estimate of drug-likeness (QED) is 0.876. The van der Waals surface area contributed by atoms with Crippen molar-refractivity contribution in [1.29, 1.82) is 0 Å². The van der Waals surface area contributed by atoms with E-state index in [1.165, 1.54) is 17.7 Å². The minimum atomic E-state index is -3.33. The molecule has 2 amide bonds. The molecule has 25 heavy (non-hydrogen) atoms. The highest BCUT2D eigenvalue weighted by atomic mass is 32.2. The molecular weight excluding hydrogens is 342 g/mol. The van der Waals surface area contributed by atoms with Crippen molar-refractivity contribution < 1.29 is 17.9 Å². The van der Waals surface area contributed by atoms with Crippen molar-refractivity contribution in [2.45, 2.75) is 6.42 Å². The van der Waals surface area contributed by atoms with Crippen LogP contribution in [0.1, 0.15) is 5.56 Å². The molecule has 0 radical (unpaired) electrons. The lowest BCUT2D eigenvalue weighted by Gasteiger charge is -2.17. The molecule has 0 spiro atoms. The van der Waals surface area contributed by atoms with Gasteiger partial charge in [0.2, 0.25) is 10.0 Å². The second-order valence-electron chi connectivity index (χ2n) is 5.71. The zero-order valence-electron chi connectivity index (χ0n) is 13.9. The lowest BCUT2D eigenvalue weighted by Crippen LogP contribution is -2.27. The van der Waals surface area contributed by atoms with Crippen LogP contribution in [0.2, 0.25) is 0 Å². The highest BCUT2D eigenvalue weighted by Crippen LogP contribution is 2.32. The predicted molar refractivity (Wildman–Crippen MR) is 98.0 cm³/mol. The van der Waals surface area contributed by atoms with Gasteiger partial charge in [0, 0.05) is 12.2 Å². The number of carbonyl (C=O) groups is 1. The van der Waals surface area contributed by atoms with Crippen LogP contribution in [0, 0.1) is 0 Å². The SMILES string of the molecule is COc1ccccc1NC(=O)Nc1ccc2c(c1)N(S(C)(=O)=O)CC2. The third kappa shape index (κ3) is 3.69. The maximum absolute atomic E-state index is 12.2. The number of para-hydroxylation sites is 2. The Balaban J connectivity index is 1.77. The van der Waals surface area contributed by atoms with Gasteiger partial charge in [-0.2, -0.15) is 0 Å². The number of benzene rings is 2. The molecule has 3 rings (SSSR count). The number of urea groups is 1. The van der Waals surface area contributed by atoms with Gasteiger partial charge in [0.25, 0.3) is 0 Å². The Morgan fingerprint density at radius 1 is 1.16 bits per heavy atom. The first-order valence-electron chi connectivity index (χ1n) is 7.70. The molecule has 0 atom stereocenters. The van der Waals surface area contributed by atoms with Crippen LogP contribution in [0.5, 0.6) is 5.75 Å². The van der Waals surface area contributed by atoms with Gasteiger partial charge in [-0.05, 0) is 36.2 Å². The third-order valence-corrected chi connectivity index (χ3v) is 5.13. The maximum atomic E-state index is 12.2. The number of hydrogen-bond donors (Lipinski definition) is 2. The number of fused-ring (bicyclic) bond motifs is 1. The van der Waals surface area contributed by atoms with Crippen molar-refractivity contribution in [3.63, 3.8) is 0 Å². The average Bonchev–Trinajstić information content (AvgIpc) is 2.98. The Hall–Kier alpha value is -2.74. The first kappa shape index (κ1) is 17.1. The molecule has 1 aliphatic heterocycles. The zero-order valence-corrected chi connectivity index (χ0v) is 14.8. The van der Waals surface area contributed by atoms with Gasteiger partial charge >= 0.3 is 6.03 Å². The Morgan fingerprint density at radius 3 is 2.64 bits per heavy atom. The number of carbonyl (C=O) groups excluding carboxylic acids is 1. The van der Waals surface area contributed by atoms with E-state index in [9.17, 15) is 13.2 Å². The summed E-state index contributed by atoms with van der Waals surface area (Å²) in [5, 5.41) is 5.43. The number of nitrogens with zero attached hydrogens (tertiary/aromatic N) is 1. The summed E-state index contributed by atoms with van der Waals surface area (Å²) in [6.45, 7) is 0.422. The number of methoxy groups -OCH3 is 1. The van der Waals surface area contributed by atoms with Crippen molar-refractivity contribution in [1.82, 2.24) is 0 Å². The molecule has 0 aromatic heterocycles. The average molecular weight is 361 g/mol. The van der Waals surface area contributed by atoms with Crippen LogP contribution in [-0.2, 0) is 16.4 Å². The fourth-order valence-electron chi connectivity index (χ4n) is 2.80. The lowest BCUT2D eigenvalue weighted by molar-refractivity contribution is 0.262. The van der Waals surface area contributed by atoms with Crippen molar-refractivity contribution in [2.75, 3.05) is 34.8 Å². The summed E-state index contributed by atoms with van der Waals surface area (Å²) in [4.78, 5) is 12.2. The van der Waals surface area contributed by atoms with Crippen LogP contribution in [0.4, 0.5) is 21.9 Å². The third-order valence-electron chi connectivity index (χ3n) is 3.95. The summed E-state index contributed by atoms with van der Waals surface area (Å²) < 4.78 is 30.3. The van der Waals surface area contributed by atoms with E-state index < -0.39 is 16.1 Å². The fraction of sp³-hybridized carbons (Fsp3) is 0.235. The van der Waals surface area contributed by atoms with E-state index in [-0.39, 0.29) is 0 Å². The normalized spacial score (nSPS) is 13.3. The van der Waals surface area contributed by atoms with E-state index in [2.05, 4.69) is 10.6 Å². The zero-order chi connectivity index (χ0) is 18.0. The molecule has 0 saturated heterocycles. The predicted octanol–water partition coefficient (Wildman–Crippen LogP) is 2.66. The van der Waals surface area contributed by atoms with Gasteiger partial charge in [-0.15, -0.1) is 0 Å². The molecule has 1 aliphatic rings. The number of nitrogens with one attached hydrogen (secondary N) is 2. The Bertz CT molecular complexity index is 912. The summed E-state index contributed by atoms with van der Waals surface area (Å²) in [5.74, 6) is 0.551. The number of sulfonamides is 1. The highest BCUT2D eigenvalue weighted by Gasteiger charge is 2.26. The van der Waals surface area contributed by atoms with Crippen molar-refractivity contribution >= 4 is 33.1 Å². The number of hydrogen-bond acceptors (Lipinski definition) is 4. The van der Waals surface area contributed by atoms with Gasteiger partial charge in [-0.25, -0.2) is 13.2 Å². The van der Waals surface area contributed by atoms with Gasteiger partial charge in [-0.3, -0.25) is 4.31 Å². The van der Waals surface area contributed by atoms with Crippen LogP contribution >= 0.6 is 0 Å². The second-order valence-corrected chi connectivity index (χ2v) is 7.61. The van der Waals surface area contributed by atoms with Crippen LogP contribution in [0.25, 0.3) is 0 Å². The number of amides is 2. The van der Waals surface area contributed by atoms with E-state index >= 15 is 0 Å². The lowest BCUT2D eigenvalue weighted by atomic mass is 10.1. The monoisotopic (exact) mass is 361 g/mol. The fourth-order valence-corrected chi connectivity index (χ4v) is 3.75. The molecule has 8 heteroatoms. The van der Waals surface area contributed by atoms with Gasteiger partial charge in [-0.1, -0.05) is 18.2 Å². The Morgan fingerprint density at radius 2 is 1.92 bits per heavy atom. The van der Waals surface area contributed by atoms with Crippen LogP contribution in [0.15, 0.2) is 42.5 Å². The largest absolute Gasteiger partial charge is 0.495 e. The van der Waals surface area contributed by atoms with Crippen molar-refractivity contribution in [2.24, 2.45) is 0 Å². The molecule has 132 valence electrons. The minimum absolute atomic E-state index is 0.422. The van der Waals surface area contributed by atoms with E-state index in [0.717, 1.165) is 5.56 Å². The van der Waals surface area contributed by atoms with Gasteiger partial charge < -0.3 is 15.4 Å². The molecule has 0 bridgehead atoms. The van der Waals surface area contributed by atoms with E-state index in [1.54, 1.807) is 30.3 Å². The number of anilines is 3. The first-order chi connectivity index (χ1) is 11.9. The van der Waals surface area contributed by atoms with Crippen LogP contribution in [0.3, 0.4) is 0 Å². The minimum Gasteiger partial charge on any atom is -0.495 e. The smallest absolute Gasteiger partial charge is 0.323 e. The van der Waals surface area contributed by atoms with Crippen molar-refractivity contribution in [3.8, 4) is 5.75 Å². The topological polar surface area (TPSA) is 87.7 Å². The molecule has 7 nitrogen and oxygen atoms in total. The Labute approximate surface area is 146 Å². The summed E-state index contributed by atoms with van der Waals surface area (Å²) in [7, 11) is -1.80. The van der Waals surface area contributed by atoms with Gasteiger partial charge in [0.05, 0.1) is 24.7 Å². The van der Waals surface area contributed by atoms with Crippen LogP contribution in [-0.4, -0.2) is 34.4 Å². The summed E-state index contributed by atoms with van der Waals surface area (Å²) in [5.41, 5.74) is 2.61. The molecule has 2 N–H and O–H groups in total. The molecule has 2 aromatic rings. The van der Waals surface area contributed by atoms with Gasteiger partial charge in [0.15, 0.2) is 0 Å². The van der Waals surface area contributed by atoms with Crippen LogP contribution < -0.4 is 19.7 Å². The Kier molecular flexibility index (Phi) is 4.54. The standard InChI is InChI=1S/C17H19N3O4S/c1-24-16-6-4-3-5-14(16)19-17(21)18-13-8-7-12-9-10-20(15(12)11-13)25(2,22)23/h3-8,11H,9-10H2,1-2H3,(H2,18,19,21). The number of ether oxygens (including phenoxy) is 1. The molecule has 0 fully saturated rings. The van der Waals surface area contributed by atoms with Gasteiger partial charge in [0.1, 0.15) is 5.75 Å². The second kappa shape index (κ2) is 6.64. The molecule has 1 heterocycles.